The Labute approximate surface area is 127 Å². The van der Waals surface area contributed by atoms with E-state index in [2.05, 4.69) is 6.92 Å². The molecule has 2 rings (SSSR count). The summed E-state index contributed by atoms with van der Waals surface area (Å²) in [5.74, 6) is 0.662. The lowest BCUT2D eigenvalue weighted by atomic mass is 9.94. The highest BCUT2D eigenvalue weighted by Gasteiger charge is 2.30. The number of hydrogen-bond acceptors (Lipinski definition) is 3. The van der Waals surface area contributed by atoms with Crippen LogP contribution in [0.15, 0.2) is 17.2 Å². The zero-order valence-corrected chi connectivity index (χ0v) is 13.8. The molecule has 0 amide bonds. The number of sulfonamides is 1. The molecule has 0 atom stereocenters. The lowest BCUT2D eigenvalue weighted by Crippen LogP contribution is -2.38. The summed E-state index contributed by atoms with van der Waals surface area (Å²) in [6.07, 6.45) is 5.90. The van der Waals surface area contributed by atoms with Gasteiger partial charge in [-0.2, -0.15) is 4.31 Å². The van der Waals surface area contributed by atoms with Gasteiger partial charge in [0.1, 0.15) is 4.90 Å². The van der Waals surface area contributed by atoms with Crippen LogP contribution in [-0.4, -0.2) is 35.5 Å². The molecule has 0 bridgehead atoms. The minimum absolute atomic E-state index is 0.137. The van der Waals surface area contributed by atoms with Crippen molar-refractivity contribution in [1.29, 1.82) is 0 Å². The van der Waals surface area contributed by atoms with Gasteiger partial charge in [0.2, 0.25) is 10.0 Å². The highest BCUT2D eigenvalue weighted by molar-refractivity contribution is 7.89. The van der Waals surface area contributed by atoms with Crippen LogP contribution in [0.5, 0.6) is 0 Å². The predicted octanol–water partition coefficient (Wildman–Crippen LogP) is 2.20. The molecule has 0 aliphatic carbocycles. The molecule has 1 aliphatic heterocycles. The van der Waals surface area contributed by atoms with Crippen LogP contribution in [0, 0.1) is 5.92 Å². The molecule has 1 aromatic rings. The van der Waals surface area contributed by atoms with E-state index >= 15 is 0 Å². The summed E-state index contributed by atoms with van der Waals surface area (Å²) in [7, 11) is -3.42. The second-order valence-electron chi connectivity index (χ2n) is 5.75. The molecule has 120 valence electrons. The number of hydrogen-bond donors (Lipinski definition) is 1. The van der Waals surface area contributed by atoms with E-state index in [1.807, 2.05) is 6.92 Å². The van der Waals surface area contributed by atoms with Gasteiger partial charge in [0.25, 0.3) is 0 Å². The van der Waals surface area contributed by atoms with Crippen molar-refractivity contribution >= 4 is 10.0 Å². The summed E-state index contributed by atoms with van der Waals surface area (Å²) in [6.45, 7) is 5.85. The molecule has 1 fully saturated rings. The fourth-order valence-electron chi connectivity index (χ4n) is 3.09. The van der Waals surface area contributed by atoms with E-state index in [1.54, 1.807) is 21.1 Å². The molecule has 1 saturated heterocycles. The molecule has 0 unspecified atom stereocenters. The maximum Gasteiger partial charge on any atom is 0.244 e. The number of aryl methyl sites for hydroxylation is 1. The number of piperidine rings is 1. The molecule has 1 N–H and O–H groups in total. The highest BCUT2D eigenvalue weighted by Crippen LogP contribution is 2.27. The van der Waals surface area contributed by atoms with Crippen LogP contribution in [0.3, 0.4) is 0 Å². The van der Waals surface area contributed by atoms with Crippen molar-refractivity contribution in [2.45, 2.75) is 57.6 Å². The third-order valence-corrected chi connectivity index (χ3v) is 6.24. The first-order valence-corrected chi connectivity index (χ1v) is 9.27. The molecule has 1 aromatic heterocycles. The normalized spacial score (nSPS) is 18.2. The molecule has 5 nitrogen and oxygen atoms in total. The van der Waals surface area contributed by atoms with Crippen molar-refractivity contribution in [3.05, 3.63) is 18.0 Å². The van der Waals surface area contributed by atoms with Gasteiger partial charge in [0.05, 0.1) is 6.61 Å². The number of nitrogens with zero attached hydrogens (tertiary/aromatic N) is 2. The van der Waals surface area contributed by atoms with Crippen molar-refractivity contribution < 1.29 is 13.5 Å². The van der Waals surface area contributed by atoms with Gasteiger partial charge in [-0.05, 0) is 31.7 Å². The fraction of sp³-hybridized carbons (Fsp3) is 0.733. The zero-order chi connectivity index (χ0) is 15.5. The second-order valence-corrected chi connectivity index (χ2v) is 7.69. The van der Waals surface area contributed by atoms with Gasteiger partial charge >= 0.3 is 0 Å². The molecule has 0 spiro atoms. The minimum atomic E-state index is -3.42. The first kappa shape index (κ1) is 16.5. The van der Waals surface area contributed by atoms with Gasteiger partial charge in [-0.1, -0.05) is 19.8 Å². The SMILES string of the molecule is CCCC1CCN(S(=O)(=O)c2cc(CO)n(CC)c2)CC1. The maximum absolute atomic E-state index is 12.7. The monoisotopic (exact) mass is 314 g/mol. The topological polar surface area (TPSA) is 62.5 Å². The summed E-state index contributed by atoms with van der Waals surface area (Å²) in [5.41, 5.74) is 0.650. The van der Waals surface area contributed by atoms with E-state index in [9.17, 15) is 13.5 Å². The van der Waals surface area contributed by atoms with E-state index in [-0.39, 0.29) is 6.61 Å². The van der Waals surface area contributed by atoms with E-state index in [4.69, 9.17) is 0 Å². The molecule has 21 heavy (non-hydrogen) atoms. The molecule has 0 aromatic carbocycles. The maximum atomic E-state index is 12.7. The van der Waals surface area contributed by atoms with Crippen LogP contribution in [0.4, 0.5) is 0 Å². The number of rotatable bonds is 6. The molecule has 1 aliphatic rings. The molecule has 6 heteroatoms. The summed E-state index contributed by atoms with van der Waals surface area (Å²) in [4.78, 5) is 0.308. The van der Waals surface area contributed by atoms with Crippen molar-refractivity contribution in [3.8, 4) is 0 Å². The van der Waals surface area contributed by atoms with Crippen LogP contribution >= 0.6 is 0 Å². The molecular formula is C15H26N2O3S. The van der Waals surface area contributed by atoms with Crippen LogP contribution in [-0.2, 0) is 23.2 Å². The first-order chi connectivity index (χ1) is 10.0. The van der Waals surface area contributed by atoms with Gasteiger partial charge < -0.3 is 9.67 Å². The summed E-state index contributed by atoms with van der Waals surface area (Å²) >= 11 is 0. The largest absolute Gasteiger partial charge is 0.390 e. The Morgan fingerprint density at radius 3 is 2.43 bits per heavy atom. The smallest absolute Gasteiger partial charge is 0.244 e. The van der Waals surface area contributed by atoms with Crippen molar-refractivity contribution in [2.24, 2.45) is 5.92 Å². The van der Waals surface area contributed by atoms with Gasteiger partial charge in [-0.25, -0.2) is 8.42 Å². The van der Waals surface area contributed by atoms with Gasteiger partial charge in [0.15, 0.2) is 0 Å². The summed E-state index contributed by atoms with van der Waals surface area (Å²) in [5, 5.41) is 9.30. The van der Waals surface area contributed by atoms with E-state index in [0.29, 0.717) is 36.1 Å². The highest BCUT2D eigenvalue weighted by atomic mass is 32.2. The van der Waals surface area contributed by atoms with Crippen LogP contribution in [0.25, 0.3) is 0 Å². The standard InChI is InChI=1S/C15H26N2O3S/c1-3-5-13-6-8-17(9-7-13)21(19,20)15-10-14(12-18)16(4-2)11-15/h10-11,13,18H,3-9,12H2,1-2H3. The Kier molecular flexibility index (Phi) is 5.46. The Hall–Kier alpha value is -0.850. The van der Waals surface area contributed by atoms with Gasteiger partial charge in [-0.3, -0.25) is 0 Å². The lowest BCUT2D eigenvalue weighted by Gasteiger charge is -2.30. The third kappa shape index (κ3) is 3.49. The van der Waals surface area contributed by atoms with E-state index in [0.717, 1.165) is 19.3 Å². The average molecular weight is 314 g/mol. The minimum Gasteiger partial charge on any atom is -0.390 e. The molecular weight excluding hydrogens is 288 g/mol. The fourth-order valence-corrected chi connectivity index (χ4v) is 4.62. The quantitative estimate of drug-likeness (QED) is 0.875. The summed E-state index contributed by atoms with van der Waals surface area (Å²) in [6, 6.07) is 1.59. The summed E-state index contributed by atoms with van der Waals surface area (Å²) < 4.78 is 28.7. The Balaban J connectivity index is 2.13. The molecule has 2 heterocycles. The number of aliphatic hydroxyl groups excluding tert-OH is 1. The number of aromatic nitrogens is 1. The second kappa shape index (κ2) is 6.94. The predicted molar refractivity (Wildman–Crippen MR) is 82.4 cm³/mol. The van der Waals surface area contributed by atoms with Crippen LogP contribution in [0.2, 0.25) is 0 Å². The van der Waals surface area contributed by atoms with Gasteiger partial charge in [0, 0.05) is 31.5 Å². The third-order valence-electron chi connectivity index (χ3n) is 4.37. The zero-order valence-electron chi connectivity index (χ0n) is 13.0. The average Bonchev–Trinajstić information content (AvgIpc) is 2.92. The Morgan fingerprint density at radius 2 is 1.95 bits per heavy atom. The van der Waals surface area contributed by atoms with E-state index in [1.165, 1.54) is 6.42 Å². The van der Waals surface area contributed by atoms with E-state index < -0.39 is 10.0 Å². The Morgan fingerprint density at radius 1 is 1.29 bits per heavy atom. The molecule has 0 saturated carbocycles. The van der Waals surface area contributed by atoms with Crippen molar-refractivity contribution in [1.82, 2.24) is 8.87 Å². The van der Waals surface area contributed by atoms with Crippen molar-refractivity contribution in [2.75, 3.05) is 13.1 Å². The Bertz CT molecular complexity index is 536. The number of aliphatic hydroxyl groups is 1. The van der Waals surface area contributed by atoms with Crippen molar-refractivity contribution in [3.63, 3.8) is 0 Å². The lowest BCUT2D eigenvalue weighted by molar-refractivity contribution is 0.262. The first-order valence-electron chi connectivity index (χ1n) is 7.83. The molecule has 0 radical (unpaired) electrons. The van der Waals surface area contributed by atoms with Gasteiger partial charge in [-0.15, -0.1) is 0 Å². The van der Waals surface area contributed by atoms with Crippen LogP contribution in [0.1, 0.15) is 45.2 Å². The van der Waals surface area contributed by atoms with Crippen LogP contribution < -0.4 is 0 Å².